The van der Waals surface area contributed by atoms with Crippen molar-refractivity contribution in [3.8, 4) is 0 Å². The Labute approximate surface area is 169 Å². The quantitative estimate of drug-likeness (QED) is 0.720. The molecule has 0 radical (unpaired) electrons. The van der Waals surface area contributed by atoms with Gasteiger partial charge in [-0.3, -0.25) is 34.3 Å². The van der Waals surface area contributed by atoms with Crippen molar-refractivity contribution < 1.29 is 19.2 Å². The molecule has 1 aromatic carbocycles. The summed E-state index contributed by atoms with van der Waals surface area (Å²) in [6.45, 7) is 4.44. The monoisotopic (exact) mass is 398 g/mol. The van der Waals surface area contributed by atoms with Gasteiger partial charge >= 0.3 is 0 Å². The summed E-state index contributed by atoms with van der Waals surface area (Å²) in [6.07, 6.45) is 2.50. The Bertz CT molecular complexity index is 883. The lowest BCUT2D eigenvalue weighted by molar-refractivity contribution is -0.136. The fourth-order valence-corrected chi connectivity index (χ4v) is 4.61. The molecule has 0 spiro atoms. The van der Waals surface area contributed by atoms with E-state index in [2.05, 4.69) is 17.1 Å². The van der Waals surface area contributed by atoms with Gasteiger partial charge in [0.25, 0.3) is 11.8 Å². The molecule has 4 rings (SSSR count). The third-order valence-electron chi connectivity index (χ3n) is 6.22. The lowest BCUT2D eigenvalue weighted by Gasteiger charge is -2.38. The molecule has 29 heavy (non-hydrogen) atoms. The molecule has 1 aromatic rings. The van der Waals surface area contributed by atoms with Crippen LogP contribution in [0.3, 0.4) is 0 Å². The number of carbonyl (C=O) groups is 4. The van der Waals surface area contributed by atoms with E-state index in [0.717, 1.165) is 29.8 Å². The SMILES string of the molecule is CC1CCC(CN)N(Cc2ccc3c(c2)C(=O)N(C2CCC(=O)NC2=O)C3=O)C1. The predicted octanol–water partition coefficient (Wildman–Crippen LogP) is 0.647. The number of hydrogen-bond acceptors (Lipinski definition) is 6. The topological polar surface area (TPSA) is 113 Å². The summed E-state index contributed by atoms with van der Waals surface area (Å²) >= 11 is 0. The Kier molecular flexibility index (Phi) is 5.23. The predicted molar refractivity (Wildman–Crippen MR) is 105 cm³/mol. The minimum Gasteiger partial charge on any atom is -0.329 e. The van der Waals surface area contributed by atoms with Gasteiger partial charge in [0.2, 0.25) is 11.8 Å². The van der Waals surface area contributed by atoms with E-state index in [1.54, 1.807) is 12.1 Å². The second-order valence-corrected chi connectivity index (χ2v) is 8.33. The standard InChI is InChI=1S/C21H26N4O4/c1-12-2-4-14(9-22)24(10-12)11-13-3-5-15-16(8-13)21(29)25(20(15)28)17-6-7-18(26)23-19(17)27/h3,5,8,12,14,17H,2,4,6-7,9-11,22H2,1H3,(H,23,26,27). The highest BCUT2D eigenvalue weighted by atomic mass is 16.2. The summed E-state index contributed by atoms with van der Waals surface area (Å²) in [7, 11) is 0. The van der Waals surface area contributed by atoms with Crippen LogP contribution in [0.4, 0.5) is 0 Å². The van der Waals surface area contributed by atoms with Crippen molar-refractivity contribution in [1.29, 1.82) is 0 Å². The van der Waals surface area contributed by atoms with Crippen molar-refractivity contribution in [3.05, 3.63) is 34.9 Å². The van der Waals surface area contributed by atoms with E-state index in [1.807, 2.05) is 6.07 Å². The summed E-state index contributed by atoms with van der Waals surface area (Å²) in [5, 5.41) is 2.21. The Hall–Kier alpha value is -2.58. The van der Waals surface area contributed by atoms with Gasteiger partial charge in [-0.15, -0.1) is 0 Å². The number of rotatable bonds is 4. The van der Waals surface area contributed by atoms with Crippen molar-refractivity contribution in [3.63, 3.8) is 0 Å². The van der Waals surface area contributed by atoms with Gasteiger partial charge in [-0.05, 0) is 42.9 Å². The van der Waals surface area contributed by atoms with Gasteiger partial charge in [-0.25, -0.2) is 0 Å². The smallest absolute Gasteiger partial charge is 0.262 e. The van der Waals surface area contributed by atoms with Crippen LogP contribution in [0, 0.1) is 5.92 Å². The second kappa shape index (κ2) is 7.68. The minimum absolute atomic E-state index is 0.114. The molecule has 8 nitrogen and oxygen atoms in total. The maximum atomic E-state index is 13.0. The molecule has 3 aliphatic rings. The minimum atomic E-state index is -0.937. The van der Waals surface area contributed by atoms with Gasteiger partial charge in [0.15, 0.2) is 0 Å². The van der Waals surface area contributed by atoms with E-state index < -0.39 is 23.8 Å². The fraction of sp³-hybridized carbons (Fsp3) is 0.524. The first-order chi connectivity index (χ1) is 13.9. The third-order valence-corrected chi connectivity index (χ3v) is 6.22. The number of fused-ring (bicyclic) bond motifs is 1. The van der Waals surface area contributed by atoms with Gasteiger partial charge in [0, 0.05) is 32.1 Å². The number of imide groups is 2. The number of nitrogens with zero attached hydrogens (tertiary/aromatic N) is 2. The Morgan fingerprint density at radius 2 is 1.83 bits per heavy atom. The van der Waals surface area contributed by atoms with Crippen LogP contribution in [0.1, 0.15) is 58.9 Å². The van der Waals surface area contributed by atoms with Crippen LogP contribution in [0.5, 0.6) is 0 Å². The number of amides is 4. The molecule has 3 N–H and O–H groups in total. The van der Waals surface area contributed by atoms with Crippen LogP contribution in [0.15, 0.2) is 18.2 Å². The Balaban J connectivity index is 1.55. The molecular formula is C21H26N4O4. The number of carbonyl (C=O) groups excluding carboxylic acids is 4. The summed E-state index contributed by atoms with van der Waals surface area (Å²) in [5.41, 5.74) is 7.52. The normalized spacial score (nSPS) is 27.9. The first-order valence-electron chi connectivity index (χ1n) is 10.2. The third kappa shape index (κ3) is 3.58. The average molecular weight is 398 g/mol. The number of piperidine rings is 2. The highest BCUT2D eigenvalue weighted by Gasteiger charge is 2.44. The molecule has 3 unspecified atom stereocenters. The van der Waals surface area contributed by atoms with Crippen LogP contribution in [0.2, 0.25) is 0 Å². The van der Waals surface area contributed by atoms with Crippen molar-refractivity contribution in [2.45, 2.75) is 51.2 Å². The molecule has 2 saturated heterocycles. The van der Waals surface area contributed by atoms with Crippen LogP contribution < -0.4 is 11.1 Å². The largest absolute Gasteiger partial charge is 0.329 e. The van der Waals surface area contributed by atoms with E-state index in [4.69, 9.17) is 5.73 Å². The van der Waals surface area contributed by atoms with Gasteiger partial charge in [-0.2, -0.15) is 0 Å². The molecular weight excluding hydrogens is 372 g/mol. The van der Waals surface area contributed by atoms with Gasteiger partial charge < -0.3 is 5.73 Å². The maximum absolute atomic E-state index is 13.0. The van der Waals surface area contributed by atoms with Crippen molar-refractivity contribution in [1.82, 2.24) is 15.1 Å². The van der Waals surface area contributed by atoms with E-state index in [9.17, 15) is 19.2 Å². The van der Waals surface area contributed by atoms with E-state index in [1.165, 1.54) is 0 Å². The molecule has 8 heteroatoms. The lowest BCUT2D eigenvalue weighted by Crippen LogP contribution is -2.54. The van der Waals surface area contributed by atoms with Gasteiger partial charge in [0.05, 0.1) is 11.1 Å². The molecule has 0 saturated carbocycles. The summed E-state index contributed by atoms with van der Waals surface area (Å²) < 4.78 is 0. The number of nitrogens with one attached hydrogen (secondary N) is 1. The second-order valence-electron chi connectivity index (χ2n) is 8.33. The molecule has 2 fully saturated rings. The number of likely N-dealkylation sites (tertiary alicyclic amines) is 1. The molecule has 0 bridgehead atoms. The number of hydrogen-bond donors (Lipinski definition) is 2. The summed E-state index contributed by atoms with van der Waals surface area (Å²) in [4.78, 5) is 52.6. The highest BCUT2D eigenvalue weighted by Crippen LogP contribution is 2.29. The highest BCUT2D eigenvalue weighted by molar-refractivity contribution is 6.23. The van der Waals surface area contributed by atoms with Crippen LogP contribution in [0.25, 0.3) is 0 Å². The first-order valence-corrected chi connectivity index (χ1v) is 10.2. The maximum Gasteiger partial charge on any atom is 0.262 e. The van der Waals surface area contributed by atoms with E-state index >= 15 is 0 Å². The van der Waals surface area contributed by atoms with Crippen molar-refractivity contribution in [2.24, 2.45) is 11.7 Å². The van der Waals surface area contributed by atoms with E-state index in [0.29, 0.717) is 36.2 Å². The van der Waals surface area contributed by atoms with Crippen molar-refractivity contribution >= 4 is 23.6 Å². The first kappa shape index (κ1) is 19.7. The molecule has 3 atom stereocenters. The fourth-order valence-electron chi connectivity index (χ4n) is 4.61. The number of nitrogens with two attached hydrogens (primary N) is 1. The summed E-state index contributed by atoms with van der Waals surface area (Å²) in [6, 6.07) is 4.67. The molecule has 154 valence electrons. The molecule has 4 amide bonds. The lowest BCUT2D eigenvalue weighted by atomic mass is 9.93. The number of benzene rings is 1. The zero-order valence-corrected chi connectivity index (χ0v) is 16.5. The van der Waals surface area contributed by atoms with E-state index in [-0.39, 0.29) is 18.7 Å². The zero-order valence-electron chi connectivity index (χ0n) is 16.5. The summed E-state index contributed by atoms with van der Waals surface area (Å²) in [5.74, 6) is -1.32. The van der Waals surface area contributed by atoms with Crippen molar-refractivity contribution in [2.75, 3.05) is 13.1 Å². The van der Waals surface area contributed by atoms with Crippen LogP contribution >= 0.6 is 0 Å². The van der Waals surface area contributed by atoms with Gasteiger partial charge in [0.1, 0.15) is 6.04 Å². The zero-order chi connectivity index (χ0) is 20.7. The van der Waals surface area contributed by atoms with Crippen LogP contribution in [-0.4, -0.2) is 58.6 Å². The Morgan fingerprint density at radius 3 is 2.55 bits per heavy atom. The molecule has 3 heterocycles. The molecule has 0 aliphatic carbocycles. The average Bonchev–Trinajstić information content (AvgIpc) is 2.93. The van der Waals surface area contributed by atoms with Gasteiger partial charge in [-0.1, -0.05) is 13.0 Å². The molecule has 3 aliphatic heterocycles. The van der Waals surface area contributed by atoms with Crippen LogP contribution in [-0.2, 0) is 16.1 Å². The molecule has 0 aromatic heterocycles. The Morgan fingerprint density at radius 1 is 1.07 bits per heavy atom.